The summed E-state index contributed by atoms with van der Waals surface area (Å²) in [5, 5.41) is 11.4. The van der Waals surface area contributed by atoms with Gasteiger partial charge in [0.05, 0.1) is 5.56 Å². The van der Waals surface area contributed by atoms with Crippen LogP contribution >= 0.6 is 15.9 Å². The maximum absolute atomic E-state index is 13.2. The largest absolute Gasteiger partial charge is 0.480 e. The van der Waals surface area contributed by atoms with Gasteiger partial charge in [0.15, 0.2) is 0 Å². The minimum Gasteiger partial charge on any atom is -0.480 e. The Labute approximate surface area is 140 Å². The standard InChI is InChI=1S/C15H16BrFN2O4/c16-12-4-1-9(17)7-11(12)15(23)18-6-5-13(20)19(8-14(21)22)10-2-3-10/h1,4,7,10H,2-3,5-6,8H2,(H,18,23)(H,21,22). The molecule has 0 bridgehead atoms. The highest BCUT2D eigenvalue weighted by atomic mass is 79.9. The van der Waals surface area contributed by atoms with Crippen molar-refractivity contribution in [3.63, 3.8) is 0 Å². The number of nitrogens with one attached hydrogen (secondary N) is 1. The molecule has 0 aliphatic heterocycles. The van der Waals surface area contributed by atoms with Gasteiger partial charge in [-0.3, -0.25) is 14.4 Å². The molecule has 124 valence electrons. The van der Waals surface area contributed by atoms with Gasteiger partial charge in [0, 0.05) is 23.5 Å². The van der Waals surface area contributed by atoms with Gasteiger partial charge in [-0.1, -0.05) is 0 Å². The van der Waals surface area contributed by atoms with Crippen LogP contribution in [0.3, 0.4) is 0 Å². The fourth-order valence-electron chi connectivity index (χ4n) is 2.15. The van der Waals surface area contributed by atoms with Gasteiger partial charge in [-0.2, -0.15) is 0 Å². The van der Waals surface area contributed by atoms with E-state index in [2.05, 4.69) is 21.2 Å². The van der Waals surface area contributed by atoms with Gasteiger partial charge in [-0.15, -0.1) is 0 Å². The van der Waals surface area contributed by atoms with E-state index in [1.165, 1.54) is 17.0 Å². The second-order valence-corrected chi connectivity index (χ2v) is 6.13. The van der Waals surface area contributed by atoms with Crippen LogP contribution in [-0.2, 0) is 9.59 Å². The summed E-state index contributed by atoms with van der Waals surface area (Å²) >= 11 is 3.16. The van der Waals surface area contributed by atoms with Crippen molar-refractivity contribution in [2.24, 2.45) is 0 Å². The monoisotopic (exact) mass is 386 g/mol. The Morgan fingerprint density at radius 3 is 2.65 bits per heavy atom. The molecule has 2 rings (SSSR count). The van der Waals surface area contributed by atoms with E-state index >= 15 is 0 Å². The zero-order valence-electron chi connectivity index (χ0n) is 12.2. The molecule has 0 atom stereocenters. The van der Waals surface area contributed by atoms with Crippen LogP contribution in [0.25, 0.3) is 0 Å². The summed E-state index contributed by atoms with van der Waals surface area (Å²) in [4.78, 5) is 36.1. The van der Waals surface area contributed by atoms with Crippen molar-refractivity contribution in [1.82, 2.24) is 10.2 Å². The normalized spacial score (nSPS) is 13.5. The van der Waals surface area contributed by atoms with E-state index in [9.17, 15) is 18.8 Å². The summed E-state index contributed by atoms with van der Waals surface area (Å²) in [5.74, 6) is -2.40. The molecule has 1 fully saturated rings. The second-order valence-electron chi connectivity index (χ2n) is 5.28. The number of rotatable bonds is 7. The van der Waals surface area contributed by atoms with Crippen LogP contribution in [0, 0.1) is 5.82 Å². The Bertz CT molecular complexity index is 634. The number of hydrogen-bond acceptors (Lipinski definition) is 3. The Hall–Kier alpha value is -1.96. The highest BCUT2D eigenvalue weighted by Gasteiger charge is 2.33. The Balaban J connectivity index is 1.86. The lowest BCUT2D eigenvalue weighted by atomic mass is 10.2. The number of carboxylic acids is 1. The summed E-state index contributed by atoms with van der Waals surface area (Å²) in [6.07, 6.45) is 1.62. The molecule has 0 radical (unpaired) electrons. The molecule has 8 heteroatoms. The molecule has 2 amide bonds. The summed E-state index contributed by atoms with van der Waals surface area (Å²) in [5.41, 5.74) is 0.141. The third-order valence-electron chi connectivity index (χ3n) is 3.41. The molecule has 0 heterocycles. The molecule has 0 spiro atoms. The Morgan fingerprint density at radius 2 is 2.04 bits per heavy atom. The molecule has 1 aromatic carbocycles. The molecule has 1 saturated carbocycles. The molecule has 0 aromatic heterocycles. The molecular formula is C15H16BrFN2O4. The number of carbonyl (C=O) groups is 3. The molecule has 2 N–H and O–H groups in total. The number of halogens is 2. The Morgan fingerprint density at radius 1 is 1.35 bits per heavy atom. The van der Waals surface area contributed by atoms with Crippen molar-refractivity contribution in [2.75, 3.05) is 13.1 Å². The Kier molecular flexibility index (Phi) is 5.70. The van der Waals surface area contributed by atoms with Crippen LogP contribution in [0.2, 0.25) is 0 Å². The molecule has 1 aromatic rings. The number of amides is 2. The molecule has 1 aliphatic rings. The van der Waals surface area contributed by atoms with Crippen LogP contribution < -0.4 is 5.32 Å². The van der Waals surface area contributed by atoms with E-state index in [4.69, 9.17) is 5.11 Å². The third kappa shape index (κ3) is 5.02. The van der Waals surface area contributed by atoms with Crippen LogP contribution in [0.4, 0.5) is 4.39 Å². The maximum atomic E-state index is 13.2. The smallest absolute Gasteiger partial charge is 0.323 e. The van der Waals surface area contributed by atoms with E-state index in [0.717, 1.165) is 18.9 Å². The minimum atomic E-state index is -1.06. The van der Waals surface area contributed by atoms with Crippen LogP contribution in [0.15, 0.2) is 22.7 Å². The maximum Gasteiger partial charge on any atom is 0.323 e. The summed E-state index contributed by atoms with van der Waals surface area (Å²) < 4.78 is 13.6. The lowest BCUT2D eigenvalue weighted by Crippen LogP contribution is -2.39. The van der Waals surface area contributed by atoms with E-state index in [1.807, 2.05) is 0 Å². The van der Waals surface area contributed by atoms with Crippen molar-refractivity contribution in [3.8, 4) is 0 Å². The van der Waals surface area contributed by atoms with Gasteiger partial charge in [-0.25, -0.2) is 4.39 Å². The zero-order valence-corrected chi connectivity index (χ0v) is 13.8. The molecule has 0 saturated heterocycles. The SMILES string of the molecule is O=C(O)CN(C(=O)CCNC(=O)c1cc(F)ccc1Br)C1CC1. The first-order chi connectivity index (χ1) is 10.9. The van der Waals surface area contributed by atoms with E-state index in [-0.39, 0.29) is 37.0 Å². The van der Waals surface area contributed by atoms with E-state index in [0.29, 0.717) is 4.47 Å². The fraction of sp³-hybridized carbons (Fsp3) is 0.400. The van der Waals surface area contributed by atoms with Crippen molar-refractivity contribution in [1.29, 1.82) is 0 Å². The van der Waals surface area contributed by atoms with E-state index in [1.54, 1.807) is 0 Å². The third-order valence-corrected chi connectivity index (χ3v) is 4.10. The first kappa shape index (κ1) is 17.4. The van der Waals surface area contributed by atoms with Crippen LogP contribution in [-0.4, -0.2) is 46.9 Å². The van der Waals surface area contributed by atoms with E-state index < -0.39 is 17.7 Å². The highest BCUT2D eigenvalue weighted by molar-refractivity contribution is 9.10. The average molecular weight is 387 g/mol. The second kappa shape index (κ2) is 7.54. The molecular weight excluding hydrogens is 371 g/mol. The van der Waals surface area contributed by atoms with Gasteiger partial charge < -0.3 is 15.3 Å². The predicted octanol–water partition coefficient (Wildman–Crippen LogP) is 1.78. The lowest BCUT2D eigenvalue weighted by Gasteiger charge is -2.20. The number of nitrogens with zero attached hydrogens (tertiary/aromatic N) is 1. The topological polar surface area (TPSA) is 86.7 Å². The van der Waals surface area contributed by atoms with Gasteiger partial charge in [-0.05, 0) is 47.0 Å². The zero-order chi connectivity index (χ0) is 17.0. The van der Waals surface area contributed by atoms with Crippen LogP contribution in [0.1, 0.15) is 29.6 Å². The number of carbonyl (C=O) groups excluding carboxylic acids is 2. The molecule has 0 unspecified atom stereocenters. The summed E-state index contributed by atoms with van der Waals surface area (Å²) in [6.45, 7) is -0.268. The molecule has 6 nitrogen and oxygen atoms in total. The minimum absolute atomic E-state index is 0.00244. The lowest BCUT2D eigenvalue weighted by molar-refractivity contribution is -0.144. The number of benzene rings is 1. The first-order valence-electron chi connectivity index (χ1n) is 7.13. The summed E-state index contributed by atoms with van der Waals surface area (Å²) in [7, 11) is 0. The van der Waals surface area contributed by atoms with Gasteiger partial charge in [0.1, 0.15) is 12.4 Å². The predicted molar refractivity (Wildman–Crippen MR) is 83.4 cm³/mol. The van der Waals surface area contributed by atoms with Crippen molar-refractivity contribution >= 4 is 33.7 Å². The van der Waals surface area contributed by atoms with Crippen molar-refractivity contribution < 1.29 is 23.9 Å². The highest BCUT2D eigenvalue weighted by Crippen LogP contribution is 2.27. The van der Waals surface area contributed by atoms with Crippen molar-refractivity contribution in [3.05, 3.63) is 34.1 Å². The number of hydrogen-bond donors (Lipinski definition) is 2. The summed E-state index contributed by atoms with van der Waals surface area (Å²) in [6, 6.07) is 3.75. The molecule has 1 aliphatic carbocycles. The first-order valence-corrected chi connectivity index (χ1v) is 7.92. The quantitative estimate of drug-likeness (QED) is 0.747. The van der Waals surface area contributed by atoms with Gasteiger partial charge in [0.25, 0.3) is 5.91 Å². The van der Waals surface area contributed by atoms with Gasteiger partial charge in [0.2, 0.25) is 5.91 Å². The molecule has 23 heavy (non-hydrogen) atoms. The number of carboxylic acid groups (broad SMARTS) is 1. The fourth-order valence-corrected chi connectivity index (χ4v) is 2.57. The van der Waals surface area contributed by atoms with Gasteiger partial charge >= 0.3 is 5.97 Å². The average Bonchev–Trinajstić information content (AvgIpc) is 3.31. The van der Waals surface area contributed by atoms with Crippen molar-refractivity contribution in [2.45, 2.75) is 25.3 Å². The number of aliphatic carboxylic acids is 1. The van der Waals surface area contributed by atoms with Crippen LogP contribution in [0.5, 0.6) is 0 Å².